The summed E-state index contributed by atoms with van der Waals surface area (Å²) in [5.41, 5.74) is 6.66. The van der Waals surface area contributed by atoms with Gasteiger partial charge < -0.3 is 15.2 Å². The molecule has 0 aliphatic heterocycles. The zero-order chi connectivity index (χ0) is 11.8. The highest BCUT2D eigenvalue weighted by Crippen LogP contribution is 2.24. The largest absolute Gasteiger partial charge is 0.497 e. The maximum atomic E-state index is 5.69. The van der Waals surface area contributed by atoms with Crippen molar-refractivity contribution in [2.75, 3.05) is 25.2 Å². The van der Waals surface area contributed by atoms with E-state index in [2.05, 4.69) is 6.92 Å². The third kappa shape index (κ3) is 3.94. The Hall–Kier alpha value is -0.870. The van der Waals surface area contributed by atoms with Gasteiger partial charge in [-0.05, 0) is 11.8 Å². The van der Waals surface area contributed by atoms with Gasteiger partial charge in [-0.15, -0.1) is 0 Å². The Kier molecular flexibility index (Phi) is 6.11. The van der Waals surface area contributed by atoms with Crippen LogP contribution in [-0.2, 0) is 6.54 Å². The van der Waals surface area contributed by atoms with Crippen LogP contribution in [0.4, 0.5) is 0 Å². The fourth-order valence-electron chi connectivity index (χ4n) is 1.32. The number of nitrogens with two attached hydrogens (primary N) is 1. The van der Waals surface area contributed by atoms with E-state index in [4.69, 9.17) is 15.2 Å². The summed E-state index contributed by atoms with van der Waals surface area (Å²) in [5.74, 6) is 3.75. The molecule has 2 N–H and O–H groups in total. The van der Waals surface area contributed by atoms with Gasteiger partial charge in [-0.1, -0.05) is 13.0 Å². The van der Waals surface area contributed by atoms with Crippen molar-refractivity contribution < 1.29 is 9.47 Å². The molecule has 0 spiro atoms. The third-order valence-electron chi connectivity index (χ3n) is 2.18. The van der Waals surface area contributed by atoms with Crippen molar-refractivity contribution in [3.8, 4) is 11.5 Å². The van der Waals surface area contributed by atoms with Crippen LogP contribution in [0, 0.1) is 0 Å². The van der Waals surface area contributed by atoms with Crippen molar-refractivity contribution >= 4 is 11.8 Å². The van der Waals surface area contributed by atoms with Crippen LogP contribution in [0.25, 0.3) is 0 Å². The van der Waals surface area contributed by atoms with Gasteiger partial charge in [0, 0.05) is 23.9 Å². The first kappa shape index (κ1) is 13.2. The molecule has 0 fully saturated rings. The molecule has 1 aromatic carbocycles. The number of thioether (sulfide) groups is 1. The fraction of sp³-hybridized carbons (Fsp3) is 0.500. The van der Waals surface area contributed by atoms with Crippen LogP contribution in [0.3, 0.4) is 0 Å². The summed E-state index contributed by atoms with van der Waals surface area (Å²) >= 11 is 1.86. The number of methoxy groups -OCH3 is 1. The van der Waals surface area contributed by atoms with E-state index in [1.54, 1.807) is 7.11 Å². The second-order valence-electron chi connectivity index (χ2n) is 3.22. The van der Waals surface area contributed by atoms with E-state index in [9.17, 15) is 0 Å². The maximum absolute atomic E-state index is 5.69. The van der Waals surface area contributed by atoms with Gasteiger partial charge in [-0.3, -0.25) is 0 Å². The summed E-state index contributed by atoms with van der Waals surface area (Å²) in [5, 5.41) is 0. The highest BCUT2D eigenvalue weighted by molar-refractivity contribution is 7.99. The number of ether oxygens (including phenoxy) is 2. The SMILES string of the molecule is CCSCCOc1cc(OC)ccc1CN. The number of hydrogen-bond acceptors (Lipinski definition) is 4. The lowest BCUT2D eigenvalue weighted by atomic mass is 10.2. The molecule has 0 atom stereocenters. The lowest BCUT2D eigenvalue weighted by Gasteiger charge is -2.11. The van der Waals surface area contributed by atoms with E-state index >= 15 is 0 Å². The first-order valence-electron chi connectivity index (χ1n) is 5.39. The summed E-state index contributed by atoms with van der Waals surface area (Å²) in [6.45, 7) is 3.33. The van der Waals surface area contributed by atoms with Crippen LogP contribution in [-0.4, -0.2) is 25.2 Å². The minimum absolute atomic E-state index is 0.486. The number of benzene rings is 1. The molecule has 90 valence electrons. The molecule has 0 saturated heterocycles. The Labute approximate surface area is 101 Å². The van der Waals surface area contributed by atoms with E-state index < -0.39 is 0 Å². The Morgan fingerprint density at radius 1 is 1.38 bits per heavy atom. The Balaban J connectivity index is 2.60. The fourth-order valence-corrected chi connectivity index (χ4v) is 1.81. The van der Waals surface area contributed by atoms with Gasteiger partial charge in [0.15, 0.2) is 0 Å². The highest BCUT2D eigenvalue weighted by atomic mass is 32.2. The maximum Gasteiger partial charge on any atom is 0.127 e. The Morgan fingerprint density at radius 2 is 2.19 bits per heavy atom. The van der Waals surface area contributed by atoms with Crippen LogP contribution >= 0.6 is 11.8 Å². The molecule has 1 aromatic rings. The molecule has 0 amide bonds. The molecule has 0 heterocycles. The minimum Gasteiger partial charge on any atom is -0.497 e. The quantitative estimate of drug-likeness (QED) is 0.744. The van der Waals surface area contributed by atoms with Gasteiger partial charge in [0.2, 0.25) is 0 Å². The molecule has 1 rings (SSSR count). The van der Waals surface area contributed by atoms with Crippen LogP contribution < -0.4 is 15.2 Å². The lowest BCUT2D eigenvalue weighted by molar-refractivity contribution is 0.336. The molecule has 0 bridgehead atoms. The third-order valence-corrected chi connectivity index (χ3v) is 3.05. The van der Waals surface area contributed by atoms with Crippen LogP contribution in [0.2, 0.25) is 0 Å². The van der Waals surface area contributed by atoms with E-state index in [-0.39, 0.29) is 0 Å². The average molecular weight is 241 g/mol. The average Bonchev–Trinajstić information content (AvgIpc) is 2.34. The molecule has 16 heavy (non-hydrogen) atoms. The molecule has 4 heteroatoms. The molecule has 0 saturated carbocycles. The van der Waals surface area contributed by atoms with Gasteiger partial charge in [-0.2, -0.15) is 11.8 Å². The van der Waals surface area contributed by atoms with Gasteiger partial charge in [0.1, 0.15) is 11.5 Å². The Bertz CT molecular complexity index is 318. The topological polar surface area (TPSA) is 44.5 Å². The molecule has 0 aliphatic rings. The zero-order valence-corrected chi connectivity index (χ0v) is 10.7. The Morgan fingerprint density at radius 3 is 2.81 bits per heavy atom. The lowest BCUT2D eigenvalue weighted by Crippen LogP contribution is -2.05. The van der Waals surface area contributed by atoms with Crippen LogP contribution in [0.15, 0.2) is 18.2 Å². The molecule has 0 aliphatic carbocycles. The van der Waals surface area contributed by atoms with E-state index in [1.807, 2.05) is 30.0 Å². The molecule has 3 nitrogen and oxygen atoms in total. The van der Waals surface area contributed by atoms with Crippen molar-refractivity contribution in [1.29, 1.82) is 0 Å². The first-order chi connectivity index (χ1) is 7.81. The van der Waals surface area contributed by atoms with Gasteiger partial charge >= 0.3 is 0 Å². The van der Waals surface area contributed by atoms with Crippen LogP contribution in [0.1, 0.15) is 12.5 Å². The van der Waals surface area contributed by atoms with Gasteiger partial charge in [0.25, 0.3) is 0 Å². The minimum atomic E-state index is 0.486. The first-order valence-corrected chi connectivity index (χ1v) is 6.54. The predicted molar refractivity (Wildman–Crippen MR) is 69.4 cm³/mol. The van der Waals surface area contributed by atoms with Gasteiger partial charge in [0.05, 0.1) is 13.7 Å². The summed E-state index contributed by atoms with van der Waals surface area (Å²) in [7, 11) is 1.65. The molecule has 0 aromatic heterocycles. The van der Waals surface area contributed by atoms with E-state index in [0.29, 0.717) is 13.2 Å². The molecule has 0 radical (unpaired) electrons. The zero-order valence-electron chi connectivity index (χ0n) is 9.86. The molecular formula is C12H19NO2S. The van der Waals surface area contributed by atoms with Gasteiger partial charge in [-0.25, -0.2) is 0 Å². The highest BCUT2D eigenvalue weighted by Gasteiger charge is 2.04. The molecule has 0 unspecified atom stereocenters. The summed E-state index contributed by atoms with van der Waals surface area (Å²) in [6, 6.07) is 5.73. The van der Waals surface area contributed by atoms with E-state index in [1.165, 1.54) is 0 Å². The van der Waals surface area contributed by atoms with Crippen molar-refractivity contribution in [2.45, 2.75) is 13.5 Å². The van der Waals surface area contributed by atoms with Crippen molar-refractivity contribution in [1.82, 2.24) is 0 Å². The summed E-state index contributed by atoms with van der Waals surface area (Å²) in [6.07, 6.45) is 0. The summed E-state index contributed by atoms with van der Waals surface area (Å²) in [4.78, 5) is 0. The van der Waals surface area contributed by atoms with Crippen molar-refractivity contribution in [3.63, 3.8) is 0 Å². The molecular weight excluding hydrogens is 222 g/mol. The standard InChI is InChI=1S/C12H19NO2S/c1-3-16-7-6-15-12-8-11(14-2)5-4-10(12)9-13/h4-5,8H,3,6-7,9,13H2,1-2H3. The normalized spacial score (nSPS) is 10.2. The van der Waals surface area contributed by atoms with Crippen molar-refractivity contribution in [3.05, 3.63) is 23.8 Å². The monoisotopic (exact) mass is 241 g/mol. The van der Waals surface area contributed by atoms with Crippen molar-refractivity contribution in [2.24, 2.45) is 5.73 Å². The van der Waals surface area contributed by atoms with Crippen LogP contribution in [0.5, 0.6) is 11.5 Å². The number of hydrogen-bond donors (Lipinski definition) is 1. The predicted octanol–water partition coefficient (Wildman–Crippen LogP) is 2.29. The van der Waals surface area contributed by atoms with E-state index in [0.717, 1.165) is 28.6 Å². The number of rotatable bonds is 7. The smallest absolute Gasteiger partial charge is 0.127 e. The second kappa shape index (κ2) is 7.41. The second-order valence-corrected chi connectivity index (χ2v) is 4.62. The summed E-state index contributed by atoms with van der Waals surface area (Å²) < 4.78 is 10.8.